The van der Waals surface area contributed by atoms with Gasteiger partial charge in [0, 0.05) is 0 Å². The van der Waals surface area contributed by atoms with Gasteiger partial charge in [0.2, 0.25) is 0 Å². The third-order valence-corrected chi connectivity index (χ3v) is 4.95. The van der Waals surface area contributed by atoms with Crippen LogP contribution in [0.4, 0.5) is 5.69 Å². The number of hydrogen-bond acceptors (Lipinski definition) is 3. The SMILES string of the molecule is CCCCOc1ccccc1C(=O)Nc1ccccc1C(=O)N[C@@H](C)c1ccccc1. The van der Waals surface area contributed by atoms with Crippen LogP contribution in [0.3, 0.4) is 0 Å². The summed E-state index contributed by atoms with van der Waals surface area (Å²) in [5, 5.41) is 5.87. The Morgan fingerprint density at radius 2 is 1.48 bits per heavy atom. The third-order valence-electron chi connectivity index (χ3n) is 4.95. The highest BCUT2D eigenvalue weighted by Crippen LogP contribution is 2.22. The molecule has 0 aromatic heterocycles. The summed E-state index contributed by atoms with van der Waals surface area (Å²) in [6.45, 7) is 4.57. The molecule has 3 aromatic carbocycles. The molecule has 0 aliphatic rings. The quantitative estimate of drug-likeness (QED) is 0.446. The van der Waals surface area contributed by atoms with Crippen molar-refractivity contribution in [3.63, 3.8) is 0 Å². The number of unbranched alkanes of at least 4 members (excludes halogenated alkanes) is 1. The number of rotatable bonds is 9. The predicted molar refractivity (Wildman–Crippen MR) is 124 cm³/mol. The van der Waals surface area contributed by atoms with Gasteiger partial charge < -0.3 is 15.4 Å². The minimum atomic E-state index is -0.316. The van der Waals surface area contributed by atoms with Crippen molar-refractivity contribution in [2.24, 2.45) is 0 Å². The molecule has 0 unspecified atom stereocenters. The number of carbonyl (C=O) groups is 2. The molecule has 0 heterocycles. The van der Waals surface area contributed by atoms with E-state index >= 15 is 0 Å². The maximum Gasteiger partial charge on any atom is 0.259 e. The van der Waals surface area contributed by atoms with Crippen molar-refractivity contribution >= 4 is 17.5 Å². The van der Waals surface area contributed by atoms with Crippen LogP contribution >= 0.6 is 0 Å². The highest BCUT2D eigenvalue weighted by atomic mass is 16.5. The molecular formula is C26H28N2O3. The molecule has 3 rings (SSSR count). The Hall–Kier alpha value is -3.60. The van der Waals surface area contributed by atoms with Gasteiger partial charge in [0.05, 0.1) is 29.5 Å². The molecule has 0 spiro atoms. The van der Waals surface area contributed by atoms with E-state index in [0.717, 1.165) is 18.4 Å². The highest BCUT2D eigenvalue weighted by molar-refractivity contribution is 6.10. The van der Waals surface area contributed by atoms with Gasteiger partial charge in [-0.05, 0) is 43.2 Å². The molecule has 0 aliphatic heterocycles. The zero-order valence-electron chi connectivity index (χ0n) is 17.9. The van der Waals surface area contributed by atoms with Crippen molar-refractivity contribution in [2.75, 3.05) is 11.9 Å². The van der Waals surface area contributed by atoms with Crippen LogP contribution in [0.15, 0.2) is 78.9 Å². The fourth-order valence-electron chi connectivity index (χ4n) is 3.19. The first kappa shape index (κ1) is 22.1. The Kier molecular flexibility index (Phi) is 7.82. The second-order valence-electron chi connectivity index (χ2n) is 7.30. The van der Waals surface area contributed by atoms with Gasteiger partial charge in [0.1, 0.15) is 5.75 Å². The average Bonchev–Trinajstić information content (AvgIpc) is 2.80. The minimum Gasteiger partial charge on any atom is -0.493 e. The molecule has 31 heavy (non-hydrogen) atoms. The maximum absolute atomic E-state index is 13.0. The van der Waals surface area contributed by atoms with Gasteiger partial charge in [-0.1, -0.05) is 67.9 Å². The molecular weight excluding hydrogens is 388 g/mol. The molecule has 0 radical (unpaired) electrons. The number of hydrogen-bond donors (Lipinski definition) is 2. The topological polar surface area (TPSA) is 67.4 Å². The van der Waals surface area contributed by atoms with E-state index < -0.39 is 0 Å². The lowest BCUT2D eigenvalue weighted by atomic mass is 10.1. The van der Waals surface area contributed by atoms with E-state index in [2.05, 4.69) is 17.6 Å². The zero-order chi connectivity index (χ0) is 22.1. The minimum absolute atomic E-state index is 0.162. The summed E-state index contributed by atoms with van der Waals surface area (Å²) in [5.41, 5.74) is 2.30. The summed E-state index contributed by atoms with van der Waals surface area (Å²) in [6, 6.07) is 23.7. The van der Waals surface area contributed by atoms with Gasteiger partial charge >= 0.3 is 0 Å². The molecule has 0 aliphatic carbocycles. The molecule has 5 nitrogen and oxygen atoms in total. The highest BCUT2D eigenvalue weighted by Gasteiger charge is 2.18. The van der Waals surface area contributed by atoms with Crippen LogP contribution in [0.1, 0.15) is 59.0 Å². The number of ether oxygens (including phenoxy) is 1. The molecule has 0 saturated heterocycles. The van der Waals surface area contributed by atoms with Gasteiger partial charge in [0.25, 0.3) is 11.8 Å². The predicted octanol–water partition coefficient (Wildman–Crippen LogP) is 5.61. The number of anilines is 1. The molecule has 2 N–H and O–H groups in total. The number of nitrogens with one attached hydrogen (secondary N) is 2. The largest absolute Gasteiger partial charge is 0.493 e. The van der Waals surface area contributed by atoms with Crippen LogP contribution < -0.4 is 15.4 Å². The summed E-state index contributed by atoms with van der Waals surface area (Å²) >= 11 is 0. The first-order chi connectivity index (χ1) is 15.1. The molecule has 0 fully saturated rings. The molecule has 5 heteroatoms. The Balaban J connectivity index is 1.75. The van der Waals surface area contributed by atoms with Crippen LogP contribution in [0, 0.1) is 0 Å². The molecule has 0 saturated carbocycles. The van der Waals surface area contributed by atoms with Gasteiger partial charge in [-0.2, -0.15) is 0 Å². The van der Waals surface area contributed by atoms with Crippen molar-refractivity contribution < 1.29 is 14.3 Å². The van der Waals surface area contributed by atoms with E-state index in [0.29, 0.717) is 29.2 Å². The molecule has 160 valence electrons. The molecule has 0 bridgehead atoms. The average molecular weight is 417 g/mol. The summed E-state index contributed by atoms with van der Waals surface area (Å²) < 4.78 is 5.78. The number of para-hydroxylation sites is 2. The Labute approximate surface area is 183 Å². The fraction of sp³-hybridized carbons (Fsp3) is 0.231. The van der Waals surface area contributed by atoms with Crippen molar-refractivity contribution in [2.45, 2.75) is 32.7 Å². The van der Waals surface area contributed by atoms with Gasteiger partial charge in [0.15, 0.2) is 0 Å². The zero-order valence-corrected chi connectivity index (χ0v) is 17.9. The number of carbonyl (C=O) groups excluding carboxylic acids is 2. The summed E-state index contributed by atoms with van der Waals surface area (Å²) in [6.07, 6.45) is 1.93. The van der Waals surface area contributed by atoms with E-state index in [-0.39, 0.29) is 17.9 Å². The second-order valence-corrected chi connectivity index (χ2v) is 7.30. The molecule has 1 atom stereocenters. The van der Waals surface area contributed by atoms with Crippen LogP contribution in [0.25, 0.3) is 0 Å². The fourth-order valence-corrected chi connectivity index (χ4v) is 3.19. The number of amides is 2. The van der Waals surface area contributed by atoms with Crippen molar-refractivity contribution in [1.29, 1.82) is 0 Å². The van der Waals surface area contributed by atoms with Crippen LogP contribution in [0.5, 0.6) is 5.75 Å². The standard InChI is InChI=1S/C26H28N2O3/c1-3-4-18-31-24-17-11-9-15-22(24)26(30)28-23-16-10-8-14-21(23)25(29)27-19(2)20-12-6-5-7-13-20/h5-17,19H,3-4,18H2,1-2H3,(H,27,29)(H,28,30)/t19-/m0/s1. The van der Waals surface area contributed by atoms with Crippen molar-refractivity contribution in [3.05, 3.63) is 95.6 Å². The van der Waals surface area contributed by atoms with E-state index in [1.54, 1.807) is 42.5 Å². The van der Waals surface area contributed by atoms with Crippen LogP contribution in [-0.4, -0.2) is 18.4 Å². The smallest absolute Gasteiger partial charge is 0.259 e. The van der Waals surface area contributed by atoms with Crippen molar-refractivity contribution in [1.82, 2.24) is 5.32 Å². The van der Waals surface area contributed by atoms with Crippen LogP contribution in [0.2, 0.25) is 0 Å². The lowest BCUT2D eigenvalue weighted by molar-refractivity contribution is 0.0940. The van der Waals surface area contributed by atoms with Gasteiger partial charge in [-0.25, -0.2) is 0 Å². The summed E-state index contributed by atoms with van der Waals surface area (Å²) in [4.78, 5) is 25.9. The van der Waals surface area contributed by atoms with Gasteiger partial charge in [-0.3, -0.25) is 9.59 Å². The second kappa shape index (κ2) is 11.0. The summed E-state index contributed by atoms with van der Waals surface area (Å²) in [5.74, 6) is -0.0312. The van der Waals surface area contributed by atoms with Gasteiger partial charge in [-0.15, -0.1) is 0 Å². The molecule has 3 aromatic rings. The van der Waals surface area contributed by atoms with E-state index in [1.165, 1.54) is 0 Å². The lowest BCUT2D eigenvalue weighted by Crippen LogP contribution is -2.28. The van der Waals surface area contributed by atoms with E-state index in [9.17, 15) is 9.59 Å². The molecule has 2 amide bonds. The van der Waals surface area contributed by atoms with E-state index in [4.69, 9.17) is 4.74 Å². The van der Waals surface area contributed by atoms with E-state index in [1.807, 2.05) is 43.3 Å². The lowest BCUT2D eigenvalue weighted by Gasteiger charge is -2.17. The first-order valence-corrected chi connectivity index (χ1v) is 10.6. The maximum atomic E-state index is 13.0. The normalized spacial score (nSPS) is 11.4. The van der Waals surface area contributed by atoms with Crippen molar-refractivity contribution in [3.8, 4) is 5.75 Å². The Morgan fingerprint density at radius 1 is 0.839 bits per heavy atom. The Bertz CT molecular complexity index is 1020. The number of benzene rings is 3. The monoisotopic (exact) mass is 416 g/mol. The third kappa shape index (κ3) is 5.95. The first-order valence-electron chi connectivity index (χ1n) is 10.6. The van der Waals surface area contributed by atoms with Crippen LogP contribution in [-0.2, 0) is 0 Å². The Morgan fingerprint density at radius 3 is 2.23 bits per heavy atom. The summed E-state index contributed by atoms with van der Waals surface area (Å²) in [7, 11) is 0.